The normalized spacial score (nSPS) is 15.1. The molecule has 0 saturated heterocycles. The van der Waals surface area contributed by atoms with Crippen LogP contribution in [0.4, 0.5) is 0 Å². The van der Waals surface area contributed by atoms with Crippen molar-refractivity contribution in [3.63, 3.8) is 0 Å². The van der Waals surface area contributed by atoms with Gasteiger partial charge in [0, 0.05) is 0 Å². The van der Waals surface area contributed by atoms with Crippen molar-refractivity contribution in [3.05, 3.63) is 72.8 Å². The molecule has 0 radical (unpaired) electrons. The molecule has 0 aromatic heterocycles. The third-order valence-corrected chi connectivity index (χ3v) is 21.5. The Bertz CT molecular complexity index is 3030. The van der Waals surface area contributed by atoms with E-state index < -0.39 is 15.2 Å². The quantitative estimate of drug-likeness (QED) is 0.0397. The first-order chi connectivity index (χ1) is 40.6. The van der Waals surface area contributed by atoms with Crippen molar-refractivity contribution in [2.45, 2.75) is 0 Å². The maximum absolute atomic E-state index is 7.62. The molecule has 0 aliphatic carbocycles. The van der Waals surface area contributed by atoms with E-state index in [-0.39, 0.29) is 147 Å². The number of hydrogen-bond donors (Lipinski definition) is 2. The number of methoxy groups -OCH3 is 18. The molecule has 1 aliphatic rings. The summed E-state index contributed by atoms with van der Waals surface area (Å²) in [5.74, 6) is 0.167. The summed E-state index contributed by atoms with van der Waals surface area (Å²) in [7, 11) is 12.0. The Morgan fingerprint density at radius 2 is 0.405 bits per heavy atom. The summed E-state index contributed by atoms with van der Waals surface area (Å²) in [6.07, 6.45) is 0. The Morgan fingerprint density at radius 3 is 0.583 bits per heavy atom. The molecule has 0 unspecified atom stereocenters. The van der Waals surface area contributed by atoms with Gasteiger partial charge in [-0.25, -0.2) is 0 Å². The van der Waals surface area contributed by atoms with E-state index >= 15 is 0 Å². The van der Waals surface area contributed by atoms with Crippen molar-refractivity contribution in [1.82, 2.24) is 9.72 Å². The molecule has 458 valence electrons. The van der Waals surface area contributed by atoms with Crippen LogP contribution in [-0.4, -0.2) is 128 Å². The zero-order valence-electron chi connectivity index (χ0n) is 49.5. The van der Waals surface area contributed by atoms with Crippen molar-refractivity contribution in [3.8, 4) is 138 Å². The molecule has 84 heavy (non-hydrogen) atoms. The van der Waals surface area contributed by atoms with Gasteiger partial charge in [0.25, 0.3) is 0 Å². The summed E-state index contributed by atoms with van der Waals surface area (Å²) >= 11 is 0. The van der Waals surface area contributed by atoms with Gasteiger partial charge in [0.15, 0.2) is 0 Å². The molecule has 0 bridgehead atoms. The topological polar surface area (TPSA) is 258 Å². The van der Waals surface area contributed by atoms with E-state index in [0.29, 0.717) is 0 Å². The summed E-state index contributed by atoms with van der Waals surface area (Å²) in [4.78, 5) is 6.81. The summed E-state index contributed by atoms with van der Waals surface area (Å²) in [6.45, 7) is 0. The number of ether oxygens (including phenoxy) is 18. The molecule has 0 fully saturated rings. The van der Waals surface area contributed by atoms with E-state index in [1.54, 1.807) is 36.4 Å². The van der Waals surface area contributed by atoms with Crippen LogP contribution in [0.1, 0.15) is 0 Å². The van der Waals surface area contributed by atoms with Crippen molar-refractivity contribution in [1.29, 1.82) is 0 Å². The van der Waals surface area contributed by atoms with Gasteiger partial charge in [-0.15, -0.1) is 0 Å². The summed E-state index contributed by atoms with van der Waals surface area (Å²) in [5, 5.41) is 0. The number of hydrogen-bond acceptors (Lipinski definition) is 27. The molecular weight excluding hydrogens is 1170 g/mol. The van der Waals surface area contributed by atoms with Crippen LogP contribution >= 0.6 is 23.7 Å². The zero-order valence-corrected chi connectivity index (χ0v) is 52.2. The molecule has 0 spiro atoms. The van der Waals surface area contributed by atoms with Crippen LogP contribution in [0.15, 0.2) is 77.3 Å². The molecule has 2 N–H and O–H groups in total. The predicted octanol–water partition coefficient (Wildman–Crippen LogP) is 11.1. The Kier molecular flexibility index (Phi) is 19.7. The third kappa shape index (κ3) is 11.4. The summed E-state index contributed by atoms with van der Waals surface area (Å²) in [6, 6.07) is 18.2. The van der Waals surface area contributed by atoms with Gasteiger partial charge in [0.1, 0.15) is 0 Å². The van der Waals surface area contributed by atoms with Gasteiger partial charge >= 0.3 is 489 Å². The van der Waals surface area contributed by atoms with Crippen LogP contribution in [0, 0.1) is 0 Å². The first-order valence-corrected chi connectivity index (χ1v) is 29.4. The van der Waals surface area contributed by atoms with Gasteiger partial charge < -0.3 is 0 Å². The minimum absolute atomic E-state index is 0.0515. The van der Waals surface area contributed by atoms with E-state index in [1.165, 1.54) is 164 Å². The minimum atomic E-state index is -6.56. The van der Waals surface area contributed by atoms with E-state index in [2.05, 4.69) is 9.72 Å². The molecule has 1 heterocycles. The summed E-state index contributed by atoms with van der Waals surface area (Å²) in [5.41, 5.74) is 0. The molecule has 6 aromatic rings. The predicted molar refractivity (Wildman–Crippen MR) is 310 cm³/mol. The Labute approximate surface area is 487 Å². The van der Waals surface area contributed by atoms with Gasteiger partial charge in [-0.1, -0.05) is 0 Å². The average Bonchev–Trinajstić information content (AvgIpc) is 2.21. The number of benzene rings is 6. The van der Waals surface area contributed by atoms with Gasteiger partial charge in [-0.05, 0) is 0 Å². The summed E-state index contributed by atoms with van der Waals surface area (Å²) < 4.78 is 158. The first kappa shape index (κ1) is 63.0. The molecule has 0 saturated carbocycles. The van der Waals surface area contributed by atoms with E-state index in [4.69, 9.17) is 117 Å². The Hall–Kier alpha value is -8.60. The van der Waals surface area contributed by atoms with Crippen LogP contribution in [-0.2, 0) is 0 Å². The molecule has 30 heteroatoms. The van der Waals surface area contributed by atoms with Gasteiger partial charge in [-0.3, -0.25) is 0 Å². The fourth-order valence-corrected chi connectivity index (χ4v) is 19.1. The van der Waals surface area contributed by atoms with Gasteiger partial charge in [-0.2, -0.15) is 0 Å². The first-order valence-electron chi connectivity index (χ1n) is 24.6. The van der Waals surface area contributed by atoms with Crippen LogP contribution < -0.4 is 122 Å². The van der Waals surface area contributed by atoms with Crippen molar-refractivity contribution < 1.29 is 112 Å². The third-order valence-electron chi connectivity index (χ3n) is 12.3. The Balaban J connectivity index is 1.82. The molecule has 27 nitrogen and oxygen atoms in total. The number of nitrogens with zero attached hydrogens (tertiary/aromatic N) is 1. The van der Waals surface area contributed by atoms with E-state index in [0.717, 1.165) is 0 Å². The van der Waals surface area contributed by atoms with Crippen molar-refractivity contribution >= 4 is 23.7 Å². The van der Waals surface area contributed by atoms with Crippen molar-refractivity contribution in [2.24, 2.45) is 4.52 Å². The zero-order chi connectivity index (χ0) is 61.0. The molecule has 1 aliphatic heterocycles. The number of rotatable bonds is 30. The monoisotopic (exact) mass is 1240 g/mol. The Morgan fingerprint density at radius 1 is 0.238 bits per heavy atom. The number of nitrogens with one attached hydrogen (secondary N) is 2. The molecular formula is C54H68N3O24P3. The van der Waals surface area contributed by atoms with Crippen LogP contribution in [0.5, 0.6) is 138 Å². The van der Waals surface area contributed by atoms with Crippen LogP contribution in [0.25, 0.3) is 0 Å². The average molecular weight is 1240 g/mol. The van der Waals surface area contributed by atoms with Gasteiger partial charge in [0.2, 0.25) is 0 Å². The maximum atomic E-state index is 7.62. The van der Waals surface area contributed by atoms with Gasteiger partial charge in [0.05, 0.1) is 0 Å². The standard InChI is InChI=1S/C54H68N3O24P3/c1-58-31-19-25-37(49(70-13)43(31)64-7)76-83(77-38-26-20-32(59-2)44(65-8)50(38)71-14,78-39-27-21-33(60-3)45(66-9)51(39)72-15)55-82-56-84(57-83,79-40-28-22-34(61-4)46(67-10)52(40)73-16,80-41-29-23-35(62-5)47(68-11)53(41)74-17)81-42-30-24-36(63-6)48(69-12)54(42)75-18/h19-30,57H,1-18H3,(H,55,56). The molecule has 6 aromatic carbocycles. The second-order valence-electron chi connectivity index (χ2n) is 16.7. The van der Waals surface area contributed by atoms with Crippen LogP contribution in [0.2, 0.25) is 0 Å². The fourth-order valence-electron chi connectivity index (χ4n) is 8.79. The van der Waals surface area contributed by atoms with Crippen molar-refractivity contribution in [2.75, 3.05) is 128 Å². The molecule has 7 rings (SSSR count). The van der Waals surface area contributed by atoms with E-state index in [1.807, 2.05) is 0 Å². The van der Waals surface area contributed by atoms with Crippen LogP contribution in [0.3, 0.4) is 0 Å². The molecule has 0 amide bonds. The fraction of sp³-hybridized carbons (Fsp3) is 0.333. The molecule has 0 atom stereocenters. The second-order valence-corrected chi connectivity index (χ2v) is 23.7. The second kappa shape index (κ2) is 26.3. The SMILES string of the molecule is COc1ccc(OP2(Oc3ccc(OC)c(OC)c3OC)(Oc3ccc(OC)c(OC)c3OC)N=PNP(Oc3ccc(OC)c(OC)c3OC)(Oc3ccc(OC)c(OC)c3OC)(Oc3ccc(OC)c(OC)c3OC)N2)c(OC)c1OC. The van der Waals surface area contributed by atoms with E-state index in [9.17, 15) is 0 Å².